The number of nitriles is 1. The Labute approximate surface area is 173 Å². The Balaban J connectivity index is 1.94. The van der Waals surface area contributed by atoms with Gasteiger partial charge in [0, 0.05) is 30.5 Å². The van der Waals surface area contributed by atoms with Crippen molar-refractivity contribution in [2.45, 2.75) is 37.2 Å². The Morgan fingerprint density at radius 3 is 2.79 bits per heavy atom. The summed E-state index contributed by atoms with van der Waals surface area (Å²) in [5.74, 6) is -0.658. The molecule has 3 atom stereocenters. The van der Waals surface area contributed by atoms with Gasteiger partial charge in [-0.05, 0) is 36.8 Å². The number of hydrogen-bond donors (Lipinski definition) is 1. The lowest BCUT2D eigenvalue weighted by Gasteiger charge is -2.40. The van der Waals surface area contributed by atoms with Gasteiger partial charge < -0.3 is 10.5 Å². The Bertz CT molecular complexity index is 1000. The summed E-state index contributed by atoms with van der Waals surface area (Å²) in [4.78, 5) is 21.1. The molecule has 1 aromatic carbocycles. The van der Waals surface area contributed by atoms with Crippen molar-refractivity contribution in [1.29, 1.82) is 5.26 Å². The van der Waals surface area contributed by atoms with E-state index in [-0.39, 0.29) is 29.3 Å². The lowest BCUT2D eigenvalue weighted by Crippen LogP contribution is -2.48. The molecular formula is C21H21FN4O2S. The number of ether oxygens (including phenoxy) is 1. The van der Waals surface area contributed by atoms with Gasteiger partial charge in [-0.2, -0.15) is 5.26 Å². The largest absolute Gasteiger partial charge is 0.379 e. The summed E-state index contributed by atoms with van der Waals surface area (Å²) >= 11 is 1.39. The van der Waals surface area contributed by atoms with Gasteiger partial charge in [0.15, 0.2) is 11.0 Å². The number of thioether (sulfide) groups is 1. The summed E-state index contributed by atoms with van der Waals surface area (Å²) in [6.45, 7) is 3.75. The number of aromatic nitrogens is 1. The number of nitrogens with two attached hydrogens (primary N) is 1. The summed E-state index contributed by atoms with van der Waals surface area (Å²) in [5.41, 5.74) is 6.55. The van der Waals surface area contributed by atoms with Crippen LogP contribution in [0, 0.1) is 17.1 Å². The minimum atomic E-state index is -1.01. The van der Waals surface area contributed by atoms with Crippen molar-refractivity contribution in [2.75, 3.05) is 7.11 Å². The molecule has 0 unspecified atom stereocenters. The van der Waals surface area contributed by atoms with Gasteiger partial charge in [-0.25, -0.2) is 9.38 Å². The number of rotatable bonds is 5. The minimum Gasteiger partial charge on any atom is -0.379 e. The number of Topliss-reactive ketones (excluding diaryl/α,β-unsaturated/α-hetero) is 1. The molecular weight excluding hydrogens is 391 g/mol. The second kappa shape index (κ2) is 8.31. The van der Waals surface area contributed by atoms with Gasteiger partial charge in [0.2, 0.25) is 0 Å². The number of hydrogen-bond acceptors (Lipinski definition) is 7. The van der Waals surface area contributed by atoms with Crippen LogP contribution in [0.3, 0.4) is 0 Å². The number of carbonyl (C=O) groups excluding carboxylic acids is 1. The molecule has 1 aromatic heterocycles. The highest BCUT2D eigenvalue weighted by Gasteiger charge is 2.45. The lowest BCUT2D eigenvalue weighted by atomic mass is 9.83. The van der Waals surface area contributed by atoms with Gasteiger partial charge in [-0.15, -0.1) is 0 Å². The molecule has 0 saturated heterocycles. The highest BCUT2D eigenvalue weighted by atomic mass is 32.2. The number of nitrogens with zero attached hydrogens (tertiary/aromatic N) is 3. The van der Waals surface area contributed by atoms with Crippen LogP contribution in [0.15, 0.2) is 41.5 Å². The maximum Gasteiger partial charge on any atom is 0.185 e. The van der Waals surface area contributed by atoms with E-state index >= 15 is 0 Å². The molecule has 150 valence electrons. The third-order valence-electron chi connectivity index (χ3n) is 5.00. The SMILES string of the molecule is CO[C@H]1[C@@H](C)SC(N)=N[C@]1(C)c1cc(CC(=O)c2ccc(C#N)cn2)ccc1F. The third-order valence-corrected chi connectivity index (χ3v) is 5.95. The number of benzene rings is 1. The van der Waals surface area contributed by atoms with Crippen molar-refractivity contribution in [3.05, 3.63) is 64.7 Å². The van der Waals surface area contributed by atoms with E-state index in [2.05, 4.69) is 9.98 Å². The number of amidine groups is 1. The number of ketones is 1. The van der Waals surface area contributed by atoms with E-state index in [1.807, 2.05) is 13.0 Å². The first-order valence-electron chi connectivity index (χ1n) is 9.01. The molecule has 0 bridgehead atoms. The zero-order valence-corrected chi connectivity index (χ0v) is 17.2. The predicted molar refractivity (Wildman–Crippen MR) is 110 cm³/mol. The first-order valence-corrected chi connectivity index (χ1v) is 9.89. The third kappa shape index (κ3) is 4.16. The molecule has 0 radical (unpaired) electrons. The van der Waals surface area contributed by atoms with E-state index in [1.165, 1.54) is 30.1 Å². The van der Waals surface area contributed by atoms with E-state index in [0.717, 1.165) is 0 Å². The van der Waals surface area contributed by atoms with E-state index < -0.39 is 11.4 Å². The van der Waals surface area contributed by atoms with Crippen LogP contribution in [0.1, 0.15) is 41.0 Å². The minimum absolute atomic E-state index is 0.0185. The van der Waals surface area contributed by atoms with Crippen molar-refractivity contribution in [3.8, 4) is 6.07 Å². The number of aliphatic imine (C=N–C) groups is 1. The Hall–Kier alpha value is -2.76. The first-order chi connectivity index (χ1) is 13.8. The van der Waals surface area contributed by atoms with Crippen LogP contribution in [0.2, 0.25) is 0 Å². The fourth-order valence-electron chi connectivity index (χ4n) is 3.63. The van der Waals surface area contributed by atoms with Gasteiger partial charge in [0.1, 0.15) is 23.1 Å². The monoisotopic (exact) mass is 412 g/mol. The molecule has 1 aliphatic rings. The van der Waals surface area contributed by atoms with E-state index in [0.29, 0.717) is 21.9 Å². The molecule has 8 heteroatoms. The van der Waals surface area contributed by atoms with Crippen LogP contribution >= 0.6 is 11.8 Å². The predicted octanol–water partition coefficient (Wildman–Crippen LogP) is 3.20. The molecule has 0 spiro atoms. The highest BCUT2D eigenvalue weighted by Crippen LogP contribution is 2.41. The van der Waals surface area contributed by atoms with Gasteiger partial charge in [-0.1, -0.05) is 24.8 Å². The molecule has 0 saturated carbocycles. The normalized spacial score (nSPS) is 23.9. The maximum atomic E-state index is 14.8. The molecule has 1 aliphatic heterocycles. The Morgan fingerprint density at radius 1 is 1.41 bits per heavy atom. The molecule has 2 aromatic rings. The van der Waals surface area contributed by atoms with Gasteiger partial charge in [0.05, 0.1) is 11.7 Å². The summed E-state index contributed by atoms with van der Waals surface area (Å²) in [7, 11) is 1.57. The molecule has 0 amide bonds. The average molecular weight is 412 g/mol. The van der Waals surface area contributed by atoms with Crippen LogP contribution in [0.25, 0.3) is 0 Å². The van der Waals surface area contributed by atoms with Gasteiger partial charge >= 0.3 is 0 Å². The van der Waals surface area contributed by atoms with Crippen LogP contribution in [-0.2, 0) is 16.7 Å². The molecule has 29 heavy (non-hydrogen) atoms. The Morgan fingerprint density at radius 2 is 2.17 bits per heavy atom. The van der Waals surface area contributed by atoms with Crippen molar-refractivity contribution in [2.24, 2.45) is 10.7 Å². The van der Waals surface area contributed by atoms with E-state index in [4.69, 9.17) is 15.7 Å². The van der Waals surface area contributed by atoms with Gasteiger partial charge in [0.25, 0.3) is 0 Å². The second-order valence-corrected chi connectivity index (χ2v) is 8.43. The molecule has 3 rings (SSSR count). The molecule has 2 heterocycles. The highest BCUT2D eigenvalue weighted by molar-refractivity contribution is 8.14. The van der Waals surface area contributed by atoms with E-state index in [1.54, 1.807) is 32.2 Å². The topological polar surface area (TPSA) is 101 Å². The summed E-state index contributed by atoms with van der Waals surface area (Å²) in [6, 6.07) is 9.56. The number of halogens is 1. The molecule has 0 aliphatic carbocycles. The van der Waals surface area contributed by atoms with Crippen molar-refractivity contribution in [1.82, 2.24) is 4.98 Å². The zero-order chi connectivity index (χ0) is 21.2. The maximum absolute atomic E-state index is 14.8. The number of pyridine rings is 1. The number of carbonyl (C=O) groups is 1. The zero-order valence-electron chi connectivity index (χ0n) is 16.3. The van der Waals surface area contributed by atoms with Crippen molar-refractivity contribution < 1.29 is 13.9 Å². The summed E-state index contributed by atoms with van der Waals surface area (Å²) < 4.78 is 20.4. The standard InChI is InChI=1S/C21H21FN4O2S/c1-12-19(28-3)21(2,26-20(24)29-12)15-8-13(4-6-16(15)22)9-18(27)17-7-5-14(10-23)11-25-17/h4-8,11-12,19H,9H2,1-3H3,(H2,24,26)/t12-,19+,21-/m1/s1. The fourth-order valence-corrected chi connectivity index (χ4v) is 4.76. The molecule has 0 fully saturated rings. The van der Waals surface area contributed by atoms with Crippen LogP contribution in [0.5, 0.6) is 0 Å². The van der Waals surface area contributed by atoms with Gasteiger partial charge in [-0.3, -0.25) is 9.78 Å². The van der Waals surface area contributed by atoms with Crippen molar-refractivity contribution in [3.63, 3.8) is 0 Å². The molecule has 2 N–H and O–H groups in total. The quantitative estimate of drug-likeness (QED) is 0.757. The van der Waals surface area contributed by atoms with Crippen molar-refractivity contribution >= 4 is 22.7 Å². The second-order valence-electron chi connectivity index (χ2n) is 7.03. The number of methoxy groups -OCH3 is 1. The summed E-state index contributed by atoms with van der Waals surface area (Å²) in [5, 5.41) is 9.20. The average Bonchev–Trinajstić information content (AvgIpc) is 2.69. The molecule has 6 nitrogen and oxygen atoms in total. The smallest absolute Gasteiger partial charge is 0.185 e. The first kappa shape index (κ1) is 21.0. The summed E-state index contributed by atoms with van der Waals surface area (Å²) in [6.07, 6.45) is 1.01. The van der Waals surface area contributed by atoms with Crippen LogP contribution in [0.4, 0.5) is 4.39 Å². The van der Waals surface area contributed by atoms with Crippen LogP contribution in [-0.4, -0.2) is 34.4 Å². The van der Waals surface area contributed by atoms with Crippen LogP contribution < -0.4 is 5.73 Å². The lowest BCUT2D eigenvalue weighted by molar-refractivity contribution is 0.0407. The van der Waals surface area contributed by atoms with E-state index in [9.17, 15) is 9.18 Å². The fraction of sp³-hybridized carbons (Fsp3) is 0.333. The Kier molecular flexibility index (Phi) is 6.01.